The van der Waals surface area contributed by atoms with Crippen molar-refractivity contribution >= 4 is 23.8 Å². The number of rotatable bonds is 7. The van der Waals surface area contributed by atoms with Crippen molar-refractivity contribution in [2.75, 3.05) is 6.54 Å². The fourth-order valence-electron chi connectivity index (χ4n) is 2.06. The molecule has 1 rings (SSSR count). The average molecular weight is 299 g/mol. The first-order chi connectivity index (χ1) is 9.63. The number of carbonyl (C=O) groups excluding carboxylic acids is 3. The van der Waals surface area contributed by atoms with Gasteiger partial charge in [-0.1, -0.05) is 0 Å². The topological polar surface area (TPSA) is 116 Å². The molecule has 1 unspecified atom stereocenters. The van der Waals surface area contributed by atoms with Crippen LogP contribution in [0.1, 0.15) is 40.0 Å². The van der Waals surface area contributed by atoms with Crippen molar-refractivity contribution in [3.05, 3.63) is 0 Å². The van der Waals surface area contributed by atoms with Gasteiger partial charge in [0, 0.05) is 12.5 Å². The Bertz CT molecular complexity index is 461. The van der Waals surface area contributed by atoms with Crippen LogP contribution in [0.2, 0.25) is 0 Å². The maximum Gasteiger partial charge on any atom is 0.325 e. The van der Waals surface area contributed by atoms with E-state index in [2.05, 4.69) is 10.6 Å². The van der Waals surface area contributed by atoms with Gasteiger partial charge in [0.1, 0.15) is 12.1 Å². The second-order valence-electron chi connectivity index (χ2n) is 5.70. The number of nitrogens with one attached hydrogen (secondary N) is 2. The first-order valence-electron chi connectivity index (χ1n) is 6.78. The third-order valence-corrected chi connectivity index (χ3v) is 3.18. The summed E-state index contributed by atoms with van der Waals surface area (Å²) in [5, 5.41) is 13.7. The quantitative estimate of drug-likeness (QED) is 0.576. The van der Waals surface area contributed by atoms with Crippen LogP contribution >= 0.6 is 0 Å². The van der Waals surface area contributed by atoms with E-state index in [0.29, 0.717) is 12.8 Å². The van der Waals surface area contributed by atoms with E-state index < -0.39 is 29.4 Å². The second kappa shape index (κ2) is 6.55. The first-order valence-corrected chi connectivity index (χ1v) is 6.78. The van der Waals surface area contributed by atoms with Crippen molar-refractivity contribution in [3.63, 3.8) is 0 Å². The highest BCUT2D eigenvalue weighted by atomic mass is 16.4. The molecule has 1 aliphatic rings. The zero-order chi connectivity index (χ0) is 16.2. The summed E-state index contributed by atoms with van der Waals surface area (Å²) in [5.41, 5.74) is -0.996. The normalized spacial score (nSPS) is 18.3. The van der Waals surface area contributed by atoms with Crippen LogP contribution in [0, 0.1) is 0 Å². The van der Waals surface area contributed by atoms with Crippen LogP contribution in [-0.2, 0) is 14.4 Å². The summed E-state index contributed by atoms with van der Waals surface area (Å²) in [5.74, 6) is -1.77. The van der Waals surface area contributed by atoms with Crippen molar-refractivity contribution in [1.82, 2.24) is 15.5 Å². The minimum Gasteiger partial charge on any atom is -0.481 e. The molecule has 118 valence electrons. The van der Waals surface area contributed by atoms with E-state index in [1.54, 1.807) is 20.8 Å². The van der Waals surface area contributed by atoms with E-state index in [1.807, 2.05) is 0 Å². The molecular formula is C13H21N3O5. The van der Waals surface area contributed by atoms with Gasteiger partial charge < -0.3 is 15.7 Å². The fourth-order valence-corrected chi connectivity index (χ4v) is 2.06. The molecule has 1 saturated heterocycles. The second-order valence-corrected chi connectivity index (χ2v) is 5.70. The van der Waals surface area contributed by atoms with E-state index >= 15 is 0 Å². The molecule has 21 heavy (non-hydrogen) atoms. The maximum atomic E-state index is 11.9. The Balaban J connectivity index is 2.42. The lowest BCUT2D eigenvalue weighted by atomic mass is 10.1. The Hall–Kier alpha value is -2.12. The highest BCUT2D eigenvalue weighted by molar-refractivity contribution is 6.08. The van der Waals surface area contributed by atoms with Crippen LogP contribution in [0.3, 0.4) is 0 Å². The summed E-state index contributed by atoms with van der Waals surface area (Å²) in [6, 6.07) is -0.802. The molecule has 4 amide bonds. The fraction of sp³-hybridized carbons (Fsp3) is 0.692. The lowest BCUT2D eigenvalue weighted by molar-refractivity contribution is -0.137. The number of aliphatic carboxylic acids is 1. The number of carbonyl (C=O) groups is 4. The summed E-state index contributed by atoms with van der Waals surface area (Å²) < 4.78 is 0. The summed E-state index contributed by atoms with van der Waals surface area (Å²) in [7, 11) is 0. The van der Waals surface area contributed by atoms with Crippen LogP contribution in [0.5, 0.6) is 0 Å². The van der Waals surface area contributed by atoms with Crippen molar-refractivity contribution in [1.29, 1.82) is 0 Å². The highest BCUT2D eigenvalue weighted by Crippen LogP contribution is 2.16. The number of hydrogen-bond donors (Lipinski definition) is 3. The standard InChI is InChI=1S/C13H21N3O5/c1-8(5-4-6-10(18)19)14-9(17)7-16-11(20)13(2,3)15-12(16)21/h8H,4-7H2,1-3H3,(H,14,17)(H,15,21)(H,18,19). The molecule has 0 aliphatic carbocycles. The van der Waals surface area contributed by atoms with Crippen molar-refractivity contribution in [2.24, 2.45) is 0 Å². The maximum absolute atomic E-state index is 11.9. The van der Waals surface area contributed by atoms with E-state index in [4.69, 9.17) is 5.11 Å². The minimum atomic E-state index is -0.996. The van der Waals surface area contributed by atoms with Gasteiger partial charge in [-0.3, -0.25) is 19.3 Å². The van der Waals surface area contributed by atoms with Gasteiger partial charge in [0.15, 0.2) is 0 Å². The zero-order valence-electron chi connectivity index (χ0n) is 12.4. The largest absolute Gasteiger partial charge is 0.481 e. The number of urea groups is 1. The van der Waals surface area contributed by atoms with Crippen molar-refractivity contribution < 1.29 is 24.3 Å². The van der Waals surface area contributed by atoms with Crippen molar-refractivity contribution in [3.8, 4) is 0 Å². The Labute approximate surface area is 122 Å². The molecule has 0 radical (unpaired) electrons. The molecule has 0 bridgehead atoms. The molecule has 0 saturated carbocycles. The van der Waals surface area contributed by atoms with Crippen molar-refractivity contribution in [2.45, 2.75) is 51.6 Å². The van der Waals surface area contributed by atoms with Gasteiger partial charge in [0.25, 0.3) is 5.91 Å². The lowest BCUT2D eigenvalue weighted by Crippen LogP contribution is -2.44. The van der Waals surface area contributed by atoms with Crippen LogP contribution in [-0.4, -0.2) is 51.9 Å². The molecule has 8 nitrogen and oxygen atoms in total. The van der Waals surface area contributed by atoms with Gasteiger partial charge in [0.05, 0.1) is 0 Å². The van der Waals surface area contributed by atoms with Crippen LogP contribution in [0.4, 0.5) is 4.79 Å². The summed E-state index contributed by atoms with van der Waals surface area (Å²) in [6.45, 7) is 4.55. The smallest absolute Gasteiger partial charge is 0.325 e. The van der Waals surface area contributed by atoms with Gasteiger partial charge in [0.2, 0.25) is 5.91 Å². The first kappa shape index (κ1) is 16.9. The van der Waals surface area contributed by atoms with Gasteiger partial charge >= 0.3 is 12.0 Å². The molecule has 0 spiro atoms. The summed E-state index contributed by atoms with van der Waals surface area (Å²) >= 11 is 0. The molecule has 1 atom stereocenters. The SMILES string of the molecule is CC(CCCC(=O)O)NC(=O)CN1C(=O)NC(C)(C)C1=O. The molecule has 0 aromatic rings. The molecule has 3 N–H and O–H groups in total. The molecule has 0 aromatic heterocycles. The molecule has 0 aromatic carbocycles. The number of carboxylic acid groups (broad SMARTS) is 1. The van der Waals surface area contributed by atoms with Gasteiger partial charge in [-0.25, -0.2) is 4.79 Å². The number of amides is 4. The molecular weight excluding hydrogens is 278 g/mol. The van der Waals surface area contributed by atoms with Gasteiger partial charge in [-0.2, -0.15) is 0 Å². The number of carboxylic acids is 1. The molecule has 8 heteroatoms. The lowest BCUT2D eigenvalue weighted by Gasteiger charge is -2.18. The monoisotopic (exact) mass is 299 g/mol. The third-order valence-electron chi connectivity index (χ3n) is 3.18. The van der Waals surface area contributed by atoms with E-state index in [0.717, 1.165) is 4.90 Å². The Kier molecular flexibility index (Phi) is 5.28. The predicted molar refractivity (Wildman–Crippen MR) is 73.4 cm³/mol. The van der Waals surface area contributed by atoms with Gasteiger partial charge in [-0.15, -0.1) is 0 Å². The van der Waals surface area contributed by atoms with E-state index in [9.17, 15) is 19.2 Å². The number of hydrogen-bond acceptors (Lipinski definition) is 4. The molecule has 1 fully saturated rings. The average Bonchev–Trinajstić information content (AvgIpc) is 2.51. The van der Waals surface area contributed by atoms with E-state index in [-0.39, 0.29) is 19.0 Å². The zero-order valence-corrected chi connectivity index (χ0v) is 12.4. The summed E-state index contributed by atoms with van der Waals surface area (Å²) in [6.07, 6.45) is 1.01. The van der Waals surface area contributed by atoms with Crippen LogP contribution in [0.25, 0.3) is 0 Å². The van der Waals surface area contributed by atoms with Gasteiger partial charge in [-0.05, 0) is 33.6 Å². The number of nitrogens with zero attached hydrogens (tertiary/aromatic N) is 1. The predicted octanol–water partition coefficient (Wildman–Crippen LogP) is 0.0764. The molecule has 1 heterocycles. The third kappa shape index (κ3) is 4.73. The molecule has 1 aliphatic heterocycles. The number of imide groups is 1. The Morgan fingerprint density at radius 1 is 1.38 bits per heavy atom. The minimum absolute atomic E-state index is 0.0431. The Morgan fingerprint density at radius 3 is 2.48 bits per heavy atom. The summed E-state index contributed by atoms with van der Waals surface area (Å²) in [4.78, 5) is 46.6. The van der Waals surface area contributed by atoms with Crippen LogP contribution < -0.4 is 10.6 Å². The Morgan fingerprint density at radius 2 is 2.00 bits per heavy atom. The van der Waals surface area contributed by atoms with Crippen LogP contribution in [0.15, 0.2) is 0 Å². The highest BCUT2D eigenvalue weighted by Gasteiger charge is 2.44. The van der Waals surface area contributed by atoms with E-state index in [1.165, 1.54) is 0 Å².